The van der Waals surface area contributed by atoms with Crippen molar-refractivity contribution in [1.29, 1.82) is 0 Å². The fourth-order valence-electron chi connectivity index (χ4n) is 2.37. The minimum Gasteiger partial charge on any atom is -0.315 e. The number of thiophene rings is 1. The normalized spacial score (nSPS) is 14.1. The zero-order valence-corrected chi connectivity index (χ0v) is 12.0. The summed E-state index contributed by atoms with van der Waals surface area (Å²) in [5, 5.41) is 3.09. The Morgan fingerprint density at radius 1 is 1.05 bits per heavy atom. The third-order valence-corrected chi connectivity index (χ3v) is 4.53. The first kappa shape index (κ1) is 13.0. The number of fused-ring (bicyclic) bond motifs is 1. The zero-order valence-electron chi connectivity index (χ0n) is 11.2. The Bertz CT molecular complexity index is 759. The lowest BCUT2D eigenvalue weighted by Gasteiger charge is -2.24. The number of Topliss-reactive ketones (excluding diaryl/α,β-unsaturated/α-hetero) is 1. The fraction of sp³-hybridized carbons (Fsp3) is 0.118. The van der Waals surface area contributed by atoms with E-state index in [9.17, 15) is 4.79 Å². The highest BCUT2D eigenvalue weighted by molar-refractivity contribution is 7.17. The van der Waals surface area contributed by atoms with Crippen LogP contribution in [-0.4, -0.2) is 5.78 Å². The van der Waals surface area contributed by atoms with Crippen molar-refractivity contribution in [2.45, 2.75) is 12.5 Å². The summed E-state index contributed by atoms with van der Waals surface area (Å²) in [6.07, 6.45) is 0. The van der Waals surface area contributed by atoms with Crippen LogP contribution in [0.25, 0.3) is 10.1 Å². The molecule has 1 aromatic heterocycles. The van der Waals surface area contributed by atoms with Crippen molar-refractivity contribution < 1.29 is 4.79 Å². The van der Waals surface area contributed by atoms with Crippen molar-refractivity contribution in [3.8, 4) is 0 Å². The average molecular weight is 281 g/mol. The number of rotatable bonds is 3. The summed E-state index contributed by atoms with van der Waals surface area (Å²) in [7, 11) is 0. The second-order valence-electron chi connectivity index (χ2n) is 5.04. The lowest BCUT2D eigenvalue weighted by Crippen LogP contribution is -2.41. The maximum atomic E-state index is 12.9. The van der Waals surface area contributed by atoms with Gasteiger partial charge in [0.1, 0.15) is 5.54 Å². The van der Waals surface area contributed by atoms with E-state index in [1.54, 1.807) is 18.3 Å². The van der Waals surface area contributed by atoms with Gasteiger partial charge in [0.15, 0.2) is 5.78 Å². The number of hydrogen-bond donors (Lipinski definition) is 1. The second kappa shape index (κ2) is 4.85. The maximum absolute atomic E-state index is 12.9. The Morgan fingerprint density at radius 2 is 1.80 bits per heavy atom. The summed E-state index contributed by atoms with van der Waals surface area (Å²) in [4.78, 5) is 12.9. The standard InChI is InChI=1S/C17H15NOS/c1-17(18,13-7-3-2-4-8-13)16(19)14-9-5-6-12-10-11-20-15(12)14/h2-11H,18H2,1H3. The van der Waals surface area contributed by atoms with E-state index in [1.807, 2.05) is 60.0 Å². The zero-order chi connectivity index (χ0) is 14.2. The van der Waals surface area contributed by atoms with E-state index in [2.05, 4.69) is 0 Å². The minimum atomic E-state index is -1.01. The summed E-state index contributed by atoms with van der Waals surface area (Å²) < 4.78 is 1.00. The summed E-state index contributed by atoms with van der Waals surface area (Å²) in [5.41, 5.74) is 6.85. The Labute approximate surface area is 121 Å². The fourth-order valence-corrected chi connectivity index (χ4v) is 3.28. The van der Waals surface area contributed by atoms with Crippen LogP contribution in [0.1, 0.15) is 22.8 Å². The van der Waals surface area contributed by atoms with Crippen LogP contribution in [0.15, 0.2) is 60.0 Å². The first-order valence-corrected chi connectivity index (χ1v) is 7.34. The third-order valence-electron chi connectivity index (χ3n) is 3.57. The lowest BCUT2D eigenvalue weighted by molar-refractivity contribution is 0.0902. The van der Waals surface area contributed by atoms with Crippen molar-refractivity contribution in [3.63, 3.8) is 0 Å². The summed E-state index contributed by atoms with van der Waals surface area (Å²) in [5.74, 6) is -0.0447. The molecule has 1 atom stereocenters. The Morgan fingerprint density at radius 3 is 2.55 bits per heavy atom. The largest absolute Gasteiger partial charge is 0.315 e. The monoisotopic (exact) mass is 281 g/mol. The molecule has 1 heterocycles. The molecule has 2 nitrogen and oxygen atoms in total. The molecule has 0 spiro atoms. The highest BCUT2D eigenvalue weighted by atomic mass is 32.1. The van der Waals surface area contributed by atoms with Crippen LogP contribution in [-0.2, 0) is 5.54 Å². The van der Waals surface area contributed by atoms with E-state index >= 15 is 0 Å². The molecule has 1 unspecified atom stereocenters. The van der Waals surface area contributed by atoms with Crippen molar-refractivity contribution in [2.75, 3.05) is 0 Å². The molecule has 3 heteroatoms. The molecule has 0 aliphatic rings. The van der Waals surface area contributed by atoms with E-state index < -0.39 is 5.54 Å². The van der Waals surface area contributed by atoms with Gasteiger partial charge in [-0.2, -0.15) is 0 Å². The number of carbonyl (C=O) groups excluding carboxylic acids is 1. The van der Waals surface area contributed by atoms with Gasteiger partial charge in [0.2, 0.25) is 0 Å². The van der Waals surface area contributed by atoms with Gasteiger partial charge in [0.25, 0.3) is 0 Å². The minimum absolute atomic E-state index is 0.0447. The Hall–Kier alpha value is -1.97. The molecule has 0 aliphatic carbocycles. The van der Waals surface area contributed by atoms with Crippen LogP contribution in [0.4, 0.5) is 0 Å². The van der Waals surface area contributed by atoms with E-state index in [-0.39, 0.29) is 5.78 Å². The van der Waals surface area contributed by atoms with Crippen molar-refractivity contribution in [1.82, 2.24) is 0 Å². The highest BCUT2D eigenvalue weighted by Gasteiger charge is 2.32. The third kappa shape index (κ3) is 2.05. The van der Waals surface area contributed by atoms with E-state index in [0.29, 0.717) is 5.56 Å². The summed E-state index contributed by atoms with van der Waals surface area (Å²) in [6.45, 7) is 1.77. The molecule has 0 bridgehead atoms. The lowest BCUT2D eigenvalue weighted by atomic mass is 9.85. The molecule has 0 fully saturated rings. The molecule has 3 rings (SSSR count). The predicted octanol–water partition coefficient (Wildman–Crippen LogP) is 3.96. The van der Waals surface area contributed by atoms with Crippen LogP contribution >= 0.6 is 11.3 Å². The molecular formula is C17H15NOS. The number of nitrogens with two attached hydrogens (primary N) is 1. The van der Waals surface area contributed by atoms with Crippen LogP contribution in [0, 0.1) is 0 Å². The molecule has 0 amide bonds. The van der Waals surface area contributed by atoms with Crippen molar-refractivity contribution >= 4 is 27.2 Å². The van der Waals surface area contributed by atoms with Gasteiger partial charge in [-0.3, -0.25) is 4.79 Å². The van der Waals surface area contributed by atoms with Gasteiger partial charge < -0.3 is 5.73 Å². The first-order valence-electron chi connectivity index (χ1n) is 6.46. The molecular weight excluding hydrogens is 266 g/mol. The van der Waals surface area contributed by atoms with E-state index in [4.69, 9.17) is 5.73 Å². The van der Waals surface area contributed by atoms with Gasteiger partial charge in [-0.15, -0.1) is 11.3 Å². The number of carbonyl (C=O) groups is 1. The molecule has 0 aliphatic heterocycles. The van der Waals surface area contributed by atoms with Crippen molar-refractivity contribution in [3.05, 3.63) is 71.1 Å². The Kier molecular flexibility index (Phi) is 3.16. The van der Waals surface area contributed by atoms with Gasteiger partial charge in [-0.05, 0) is 35.4 Å². The van der Waals surface area contributed by atoms with Gasteiger partial charge >= 0.3 is 0 Å². The van der Waals surface area contributed by atoms with Gasteiger partial charge in [0, 0.05) is 10.3 Å². The van der Waals surface area contributed by atoms with Gasteiger partial charge in [-0.25, -0.2) is 0 Å². The molecule has 2 N–H and O–H groups in total. The molecule has 20 heavy (non-hydrogen) atoms. The topological polar surface area (TPSA) is 43.1 Å². The maximum Gasteiger partial charge on any atom is 0.188 e. The van der Waals surface area contributed by atoms with Crippen LogP contribution in [0.5, 0.6) is 0 Å². The molecule has 3 aromatic rings. The number of hydrogen-bond acceptors (Lipinski definition) is 3. The quantitative estimate of drug-likeness (QED) is 0.738. The molecule has 0 saturated carbocycles. The van der Waals surface area contributed by atoms with E-state index in [0.717, 1.165) is 15.6 Å². The van der Waals surface area contributed by atoms with Gasteiger partial charge in [-0.1, -0.05) is 42.5 Å². The Balaban J connectivity index is 2.11. The smallest absolute Gasteiger partial charge is 0.188 e. The van der Waals surface area contributed by atoms with Crippen LogP contribution < -0.4 is 5.73 Å². The molecule has 0 saturated heterocycles. The van der Waals surface area contributed by atoms with E-state index in [1.165, 1.54) is 0 Å². The first-order chi connectivity index (χ1) is 9.60. The van der Waals surface area contributed by atoms with Gasteiger partial charge in [0.05, 0.1) is 0 Å². The number of benzene rings is 2. The van der Waals surface area contributed by atoms with Crippen LogP contribution in [0.2, 0.25) is 0 Å². The van der Waals surface area contributed by atoms with Crippen LogP contribution in [0.3, 0.4) is 0 Å². The SMILES string of the molecule is CC(N)(C(=O)c1cccc2ccsc12)c1ccccc1. The summed E-state index contributed by atoms with van der Waals surface area (Å²) >= 11 is 1.58. The second-order valence-corrected chi connectivity index (χ2v) is 5.96. The summed E-state index contributed by atoms with van der Waals surface area (Å²) in [6, 6.07) is 17.3. The highest BCUT2D eigenvalue weighted by Crippen LogP contribution is 2.30. The molecule has 0 radical (unpaired) electrons. The van der Waals surface area contributed by atoms with Crippen molar-refractivity contribution in [2.24, 2.45) is 5.73 Å². The molecule has 100 valence electrons. The molecule has 2 aromatic carbocycles. The number of ketones is 1. The predicted molar refractivity (Wildman–Crippen MR) is 84.1 cm³/mol. The average Bonchev–Trinajstić information content (AvgIpc) is 2.95.